The van der Waals surface area contributed by atoms with E-state index in [4.69, 9.17) is 15.2 Å². The molecule has 0 bridgehead atoms. The lowest BCUT2D eigenvalue weighted by Crippen LogP contribution is -2.36. The van der Waals surface area contributed by atoms with E-state index in [1.165, 1.54) is 5.56 Å². The molecule has 1 aliphatic carbocycles. The highest BCUT2D eigenvalue weighted by Gasteiger charge is 2.37. The van der Waals surface area contributed by atoms with Crippen LogP contribution in [0, 0.1) is 6.92 Å². The summed E-state index contributed by atoms with van der Waals surface area (Å²) in [7, 11) is 3.40. The topological polar surface area (TPSA) is 56.5 Å². The Bertz CT molecular complexity index is 442. The van der Waals surface area contributed by atoms with Crippen LogP contribution < -0.4 is 20.5 Å². The maximum Gasteiger partial charge on any atom is 0.122 e. The number of hydrogen-bond acceptors (Lipinski definition) is 4. The average Bonchev–Trinajstić information content (AvgIpc) is 3.13. The fourth-order valence-corrected chi connectivity index (χ4v) is 2.21. The highest BCUT2D eigenvalue weighted by atomic mass is 16.5. The molecule has 4 nitrogen and oxygen atoms in total. The summed E-state index contributed by atoms with van der Waals surface area (Å²) in [5.74, 6) is 1.84. The summed E-state index contributed by atoms with van der Waals surface area (Å²) in [5.41, 5.74) is 8.36. The monoisotopic (exact) mass is 264 g/mol. The summed E-state index contributed by atoms with van der Waals surface area (Å²) in [6, 6.07) is 4.09. The smallest absolute Gasteiger partial charge is 0.122 e. The van der Waals surface area contributed by atoms with E-state index in [1.807, 2.05) is 13.0 Å². The molecule has 2 rings (SSSR count). The van der Waals surface area contributed by atoms with Crippen LogP contribution in [-0.2, 0) is 6.42 Å². The molecule has 0 unspecified atom stereocenters. The first kappa shape index (κ1) is 14.2. The van der Waals surface area contributed by atoms with Gasteiger partial charge < -0.3 is 20.5 Å². The van der Waals surface area contributed by atoms with Crippen LogP contribution in [-0.4, -0.2) is 32.8 Å². The van der Waals surface area contributed by atoms with Gasteiger partial charge in [-0.2, -0.15) is 0 Å². The van der Waals surface area contributed by atoms with Crippen molar-refractivity contribution < 1.29 is 9.47 Å². The molecule has 0 aliphatic heterocycles. The van der Waals surface area contributed by atoms with Crippen LogP contribution in [0.4, 0.5) is 0 Å². The van der Waals surface area contributed by atoms with E-state index in [9.17, 15) is 0 Å². The Hall–Kier alpha value is -1.26. The zero-order chi connectivity index (χ0) is 13.9. The summed E-state index contributed by atoms with van der Waals surface area (Å²) in [5, 5.41) is 3.42. The van der Waals surface area contributed by atoms with Crippen LogP contribution in [0.2, 0.25) is 0 Å². The molecule has 4 heteroatoms. The van der Waals surface area contributed by atoms with Gasteiger partial charge in [-0.3, -0.25) is 0 Å². The Morgan fingerprint density at radius 1 is 1.21 bits per heavy atom. The Morgan fingerprint density at radius 3 is 2.47 bits per heavy atom. The predicted octanol–water partition coefficient (Wildman–Crippen LogP) is 1.64. The molecule has 0 saturated heterocycles. The minimum absolute atomic E-state index is 0.0645. The van der Waals surface area contributed by atoms with Crippen molar-refractivity contribution in [3.05, 3.63) is 23.3 Å². The van der Waals surface area contributed by atoms with Gasteiger partial charge in [0.25, 0.3) is 0 Å². The van der Waals surface area contributed by atoms with Gasteiger partial charge in [-0.15, -0.1) is 0 Å². The van der Waals surface area contributed by atoms with Crippen molar-refractivity contribution in [3.63, 3.8) is 0 Å². The van der Waals surface area contributed by atoms with Crippen LogP contribution in [0.15, 0.2) is 12.1 Å². The molecule has 0 atom stereocenters. The fraction of sp³-hybridized carbons (Fsp3) is 0.600. The number of methoxy groups -OCH3 is 2. The molecule has 1 saturated carbocycles. The Balaban J connectivity index is 1.93. The van der Waals surface area contributed by atoms with Gasteiger partial charge >= 0.3 is 0 Å². The largest absolute Gasteiger partial charge is 0.496 e. The maximum atomic E-state index is 6.04. The van der Waals surface area contributed by atoms with Crippen LogP contribution in [0.3, 0.4) is 0 Å². The van der Waals surface area contributed by atoms with Gasteiger partial charge in [0.2, 0.25) is 0 Å². The van der Waals surface area contributed by atoms with Gasteiger partial charge in [-0.25, -0.2) is 0 Å². The number of ether oxygens (including phenoxy) is 2. The van der Waals surface area contributed by atoms with Crippen LogP contribution >= 0.6 is 0 Å². The molecule has 0 heterocycles. The van der Waals surface area contributed by atoms with Crippen LogP contribution in [0.25, 0.3) is 0 Å². The molecule has 0 aromatic heterocycles. The number of hydrogen-bond donors (Lipinski definition) is 2. The summed E-state index contributed by atoms with van der Waals surface area (Å²) in [4.78, 5) is 0. The van der Waals surface area contributed by atoms with Crippen molar-refractivity contribution in [2.24, 2.45) is 5.73 Å². The van der Waals surface area contributed by atoms with Crippen molar-refractivity contribution in [2.45, 2.75) is 31.7 Å². The molecule has 3 N–H and O–H groups in total. The lowest BCUT2D eigenvalue weighted by Gasteiger charge is -2.14. The van der Waals surface area contributed by atoms with Crippen LogP contribution in [0.5, 0.6) is 11.5 Å². The number of aryl methyl sites for hydroxylation is 1. The summed E-state index contributed by atoms with van der Waals surface area (Å²) >= 11 is 0. The van der Waals surface area contributed by atoms with Gasteiger partial charge in [0, 0.05) is 12.1 Å². The van der Waals surface area contributed by atoms with E-state index in [-0.39, 0.29) is 5.54 Å². The van der Waals surface area contributed by atoms with Crippen molar-refractivity contribution in [1.82, 2.24) is 5.32 Å². The lowest BCUT2D eigenvalue weighted by atomic mass is 10.1. The van der Waals surface area contributed by atoms with Gasteiger partial charge in [0.1, 0.15) is 11.5 Å². The number of nitrogens with two attached hydrogens (primary N) is 1. The van der Waals surface area contributed by atoms with E-state index in [0.29, 0.717) is 0 Å². The zero-order valence-corrected chi connectivity index (χ0v) is 12.1. The minimum atomic E-state index is 0.0645. The third kappa shape index (κ3) is 3.61. The highest BCUT2D eigenvalue weighted by molar-refractivity contribution is 5.46. The van der Waals surface area contributed by atoms with Crippen molar-refractivity contribution in [3.8, 4) is 11.5 Å². The molecule has 0 spiro atoms. The summed E-state index contributed by atoms with van der Waals surface area (Å²) in [6.07, 6.45) is 3.19. The zero-order valence-electron chi connectivity index (χ0n) is 12.1. The van der Waals surface area contributed by atoms with Gasteiger partial charge in [0.05, 0.1) is 14.2 Å². The molecular formula is C15H24N2O2. The normalized spacial score (nSPS) is 16.2. The van der Waals surface area contributed by atoms with Crippen LogP contribution in [0.1, 0.15) is 24.0 Å². The molecule has 0 amide bonds. The van der Waals surface area contributed by atoms with E-state index < -0.39 is 0 Å². The second-order valence-corrected chi connectivity index (χ2v) is 5.42. The van der Waals surface area contributed by atoms with Crippen molar-refractivity contribution in [1.29, 1.82) is 0 Å². The van der Waals surface area contributed by atoms with Gasteiger partial charge in [0.15, 0.2) is 0 Å². The molecule has 1 aromatic rings. The van der Waals surface area contributed by atoms with E-state index in [2.05, 4.69) is 11.4 Å². The fourth-order valence-electron chi connectivity index (χ4n) is 2.21. The standard InChI is InChI=1S/C15H24N2O2/c1-11-8-14(19-3)12(9-13(11)18-2)4-7-17-10-15(16)5-6-15/h8-9,17H,4-7,10,16H2,1-3H3. The van der Waals surface area contributed by atoms with E-state index in [0.717, 1.165) is 49.4 Å². The molecule has 1 aromatic carbocycles. The lowest BCUT2D eigenvalue weighted by molar-refractivity contribution is 0.395. The predicted molar refractivity (Wildman–Crippen MR) is 77.0 cm³/mol. The maximum absolute atomic E-state index is 6.04. The Kier molecular flexibility index (Phi) is 4.32. The average molecular weight is 264 g/mol. The quantitative estimate of drug-likeness (QED) is 0.735. The number of rotatable bonds is 7. The summed E-state index contributed by atoms with van der Waals surface area (Å²) in [6.45, 7) is 3.83. The van der Waals surface area contributed by atoms with E-state index >= 15 is 0 Å². The molecule has 1 fully saturated rings. The third-order valence-electron chi connectivity index (χ3n) is 3.74. The van der Waals surface area contributed by atoms with Crippen molar-refractivity contribution in [2.75, 3.05) is 27.3 Å². The Labute approximate surface area is 115 Å². The first-order valence-corrected chi connectivity index (χ1v) is 6.79. The molecule has 19 heavy (non-hydrogen) atoms. The molecule has 106 valence electrons. The molecule has 0 radical (unpaired) electrons. The highest BCUT2D eigenvalue weighted by Crippen LogP contribution is 2.31. The van der Waals surface area contributed by atoms with E-state index in [1.54, 1.807) is 14.2 Å². The number of nitrogens with one attached hydrogen (secondary N) is 1. The minimum Gasteiger partial charge on any atom is -0.496 e. The van der Waals surface area contributed by atoms with Crippen molar-refractivity contribution >= 4 is 0 Å². The second-order valence-electron chi connectivity index (χ2n) is 5.42. The first-order valence-electron chi connectivity index (χ1n) is 6.79. The number of benzene rings is 1. The SMILES string of the molecule is COc1cc(CCNCC2(N)CC2)c(OC)cc1C. The second kappa shape index (κ2) is 5.80. The van der Waals surface area contributed by atoms with Gasteiger partial charge in [-0.05, 0) is 56.0 Å². The van der Waals surface area contributed by atoms with Gasteiger partial charge in [-0.1, -0.05) is 0 Å². The molecular weight excluding hydrogens is 240 g/mol. The first-order chi connectivity index (χ1) is 9.08. The molecule has 1 aliphatic rings. The Morgan fingerprint density at radius 2 is 1.89 bits per heavy atom. The third-order valence-corrected chi connectivity index (χ3v) is 3.74. The summed E-state index contributed by atoms with van der Waals surface area (Å²) < 4.78 is 10.8.